The average molecular weight is 629 g/mol. The van der Waals surface area contributed by atoms with E-state index in [-0.39, 0.29) is 18.2 Å². The molecule has 0 N–H and O–H groups in total. The normalized spacial score (nSPS) is 14.1. The number of nitrogens with zero attached hydrogens (tertiary/aromatic N) is 3. The van der Waals surface area contributed by atoms with Crippen LogP contribution in [-0.4, -0.2) is 22.3 Å². The van der Waals surface area contributed by atoms with Crippen molar-refractivity contribution in [2.75, 3.05) is 12.0 Å². The van der Waals surface area contributed by atoms with Crippen LogP contribution in [0.5, 0.6) is 11.5 Å². The lowest BCUT2D eigenvalue weighted by Gasteiger charge is -2.15. The van der Waals surface area contributed by atoms with Gasteiger partial charge in [-0.05, 0) is 64.6 Å². The minimum Gasteiger partial charge on any atom is -0.493 e. The van der Waals surface area contributed by atoms with Gasteiger partial charge in [-0.1, -0.05) is 42.2 Å². The number of thiocarbonyl (C=S) groups is 1. The Morgan fingerprint density at radius 1 is 1.22 bits per heavy atom. The van der Waals surface area contributed by atoms with E-state index in [1.54, 1.807) is 24.3 Å². The Balaban J connectivity index is 1.58. The first-order valence-electron chi connectivity index (χ1n) is 10.3. The molecule has 3 aromatic carbocycles. The second kappa shape index (κ2) is 11.1. The molecule has 0 atom stereocenters. The van der Waals surface area contributed by atoms with Gasteiger partial charge in [0, 0.05) is 17.7 Å². The van der Waals surface area contributed by atoms with Crippen LogP contribution in [-0.2, 0) is 11.4 Å². The van der Waals surface area contributed by atoms with Gasteiger partial charge in [-0.3, -0.25) is 19.8 Å². The van der Waals surface area contributed by atoms with Gasteiger partial charge in [0.2, 0.25) is 0 Å². The number of nitro benzene ring substituents is 1. The van der Waals surface area contributed by atoms with E-state index in [1.807, 2.05) is 18.2 Å². The highest BCUT2D eigenvalue weighted by molar-refractivity contribution is 14.1. The summed E-state index contributed by atoms with van der Waals surface area (Å²) in [5.74, 6) is 0.691. The molecular formula is C25H16IN3O5S2. The van der Waals surface area contributed by atoms with Crippen LogP contribution in [0.3, 0.4) is 0 Å². The number of hydrogen-bond donors (Lipinski definition) is 0. The molecule has 1 amide bonds. The maximum absolute atomic E-state index is 13.1. The van der Waals surface area contributed by atoms with Crippen molar-refractivity contribution in [1.82, 2.24) is 0 Å². The summed E-state index contributed by atoms with van der Waals surface area (Å²) < 4.78 is 12.6. The van der Waals surface area contributed by atoms with E-state index >= 15 is 0 Å². The van der Waals surface area contributed by atoms with Gasteiger partial charge in [-0.25, -0.2) is 0 Å². The summed E-state index contributed by atoms with van der Waals surface area (Å²) >= 11 is 8.68. The molecule has 0 bridgehead atoms. The van der Waals surface area contributed by atoms with Crippen molar-refractivity contribution in [3.05, 3.63) is 95.9 Å². The standard InChI is InChI=1S/C25H16IN3O5S2/c1-33-21-11-15(10-20(26)23(21)34-14-17-5-3-2-4-16(17)13-27)12-22-24(30)28(25(35)36-22)18-6-8-19(9-7-18)29(31)32/h2-12H,14H2,1H3/b22-12+. The largest absolute Gasteiger partial charge is 0.493 e. The van der Waals surface area contributed by atoms with Crippen molar-refractivity contribution in [2.24, 2.45) is 0 Å². The maximum Gasteiger partial charge on any atom is 0.270 e. The summed E-state index contributed by atoms with van der Waals surface area (Å²) in [7, 11) is 1.53. The number of carbonyl (C=O) groups is 1. The Morgan fingerprint density at radius 3 is 2.61 bits per heavy atom. The SMILES string of the molecule is COc1cc(/C=C2/SC(=S)N(c3ccc([N+](=O)[O-])cc3)C2=O)cc(I)c1OCc1ccccc1C#N. The monoisotopic (exact) mass is 629 g/mol. The van der Waals surface area contributed by atoms with Crippen LogP contribution in [0.15, 0.2) is 65.6 Å². The second-order valence-electron chi connectivity index (χ2n) is 7.38. The number of non-ortho nitro benzene ring substituents is 1. The number of thioether (sulfide) groups is 1. The molecule has 1 saturated heterocycles. The number of rotatable bonds is 7. The van der Waals surface area contributed by atoms with Crippen molar-refractivity contribution in [1.29, 1.82) is 5.26 Å². The number of amides is 1. The number of nitro groups is 1. The molecule has 180 valence electrons. The molecule has 1 aliphatic rings. The minimum absolute atomic E-state index is 0.0696. The quantitative estimate of drug-likeness (QED) is 0.102. The van der Waals surface area contributed by atoms with Crippen LogP contribution in [0.4, 0.5) is 11.4 Å². The highest BCUT2D eigenvalue weighted by Crippen LogP contribution is 2.39. The molecule has 8 nitrogen and oxygen atoms in total. The van der Waals surface area contributed by atoms with Gasteiger partial charge in [0.05, 0.1) is 37.8 Å². The molecule has 4 rings (SSSR count). The van der Waals surface area contributed by atoms with Crippen LogP contribution >= 0.6 is 46.6 Å². The molecule has 1 fully saturated rings. The number of nitriles is 1. The minimum atomic E-state index is -0.501. The summed E-state index contributed by atoms with van der Waals surface area (Å²) in [5.41, 5.74) is 2.40. The van der Waals surface area contributed by atoms with Crippen LogP contribution in [0.1, 0.15) is 16.7 Å². The molecule has 0 spiro atoms. The van der Waals surface area contributed by atoms with E-state index in [4.69, 9.17) is 21.7 Å². The lowest BCUT2D eigenvalue weighted by atomic mass is 10.1. The maximum atomic E-state index is 13.1. The van der Waals surface area contributed by atoms with E-state index in [1.165, 1.54) is 36.3 Å². The second-order valence-corrected chi connectivity index (χ2v) is 10.2. The molecule has 0 radical (unpaired) electrons. The zero-order valence-corrected chi connectivity index (χ0v) is 22.4. The third kappa shape index (κ3) is 5.35. The molecule has 1 heterocycles. The van der Waals surface area contributed by atoms with E-state index in [0.717, 1.165) is 20.9 Å². The fourth-order valence-electron chi connectivity index (χ4n) is 3.43. The summed E-state index contributed by atoms with van der Waals surface area (Å²) in [6, 6.07) is 18.6. The van der Waals surface area contributed by atoms with Crippen molar-refractivity contribution in [2.45, 2.75) is 6.61 Å². The summed E-state index contributed by atoms with van der Waals surface area (Å²) in [4.78, 5) is 25.3. The molecule has 0 aromatic heterocycles. The lowest BCUT2D eigenvalue weighted by Crippen LogP contribution is -2.27. The molecule has 36 heavy (non-hydrogen) atoms. The number of carbonyl (C=O) groups excluding carboxylic acids is 1. The Labute approximate surface area is 229 Å². The Bertz CT molecular complexity index is 1450. The van der Waals surface area contributed by atoms with Crippen molar-refractivity contribution < 1.29 is 19.2 Å². The van der Waals surface area contributed by atoms with Gasteiger partial charge in [-0.15, -0.1) is 0 Å². The topological polar surface area (TPSA) is 106 Å². The zero-order chi connectivity index (χ0) is 25.8. The zero-order valence-electron chi connectivity index (χ0n) is 18.6. The van der Waals surface area contributed by atoms with Gasteiger partial charge in [0.15, 0.2) is 15.8 Å². The average Bonchev–Trinajstić information content (AvgIpc) is 3.15. The summed E-state index contributed by atoms with van der Waals surface area (Å²) in [6.07, 6.45) is 1.71. The number of benzene rings is 3. The van der Waals surface area contributed by atoms with Crippen LogP contribution in [0.2, 0.25) is 0 Å². The summed E-state index contributed by atoms with van der Waals surface area (Å²) in [5, 5.41) is 20.2. The molecule has 3 aromatic rings. The number of halogens is 1. The molecule has 11 heteroatoms. The van der Waals surface area contributed by atoms with E-state index in [2.05, 4.69) is 28.7 Å². The van der Waals surface area contributed by atoms with Crippen LogP contribution in [0.25, 0.3) is 6.08 Å². The van der Waals surface area contributed by atoms with E-state index in [9.17, 15) is 20.2 Å². The van der Waals surface area contributed by atoms with Crippen molar-refractivity contribution in [3.8, 4) is 17.6 Å². The first-order valence-corrected chi connectivity index (χ1v) is 12.6. The van der Waals surface area contributed by atoms with Crippen LogP contribution in [0, 0.1) is 25.0 Å². The highest BCUT2D eigenvalue weighted by atomic mass is 127. The number of ether oxygens (including phenoxy) is 2. The van der Waals surface area contributed by atoms with E-state index in [0.29, 0.717) is 37.5 Å². The fraction of sp³-hybridized carbons (Fsp3) is 0.0800. The first-order chi connectivity index (χ1) is 17.3. The van der Waals surface area contributed by atoms with Crippen LogP contribution < -0.4 is 14.4 Å². The fourth-order valence-corrected chi connectivity index (χ4v) is 5.51. The third-order valence-corrected chi connectivity index (χ3v) is 7.28. The Morgan fingerprint density at radius 2 is 1.94 bits per heavy atom. The van der Waals surface area contributed by atoms with Gasteiger partial charge in [0.25, 0.3) is 11.6 Å². The number of methoxy groups -OCH3 is 1. The third-order valence-electron chi connectivity index (χ3n) is 5.17. The van der Waals surface area contributed by atoms with Gasteiger partial charge in [0.1, 0.15) is 6.61 Å². The van der Waals surface area contributed by atoms with E-state index < -0.39 is 4.92 Å². The Kier molecular flexibility index (Phi) is 7.88. The first kappa shape index (κ1) is 25.6. The smallest absolute Gasteiger partial charge is 0.270 e. The molecular weight excluding hydrogens is 613 g/mol. The molecule has 0 aliphatic carbocycles. The molecule has 0 unspecified atom stereocenters. The predicted molar refractivity (Wildman–Crippen MR) is 150 cm³/mol. The number of anilines is 1. The van der Waals surface area contributed by atoms with Gasteiger partial charge >= 0.3 is 0 Å². The van der Waals surface area contributed by atoms with Crippen molar-refractivity contribution >= 4 is 74.2 Å². The lowest BCUT2D eigenvalue weighted by molar-refractivity contribution is -0.384. The number of hydrogen-bond acceptors (Lipinski definition) is 8. The van der Waals surface area contributed by atoms with Crippen molar-refractivity contribution in [3.63, 3.8) is 0 Å². The molecule has 0 saturated carbocycles. The van der Waals surface area contributed by atoms with Gasteiger partial charge in [-0.2, -0.15) is 5.26 Å². The van der Waals surface area contributed by atoms with Gasteiger partial charge < -0.3 is 9.47 Å². The molecule has 1 aliphatic heterocycles. The highest BCUT2D eigenvalue weighted by Gasteiger charge is 2.33. The Hall–Kier alpha value is -3.47. The predicted octanol–water partition coefficient (Wildman–Crippen LogP) is 6.06. The summed E-state index contributed by atoms with van der Waals surface area (Å²) in [6.45, 7) is 0.198.